The fourth-order valence-electron chi connectivity index (χ4n) is 2.88. The van der Waals surface area contributed by atoms with E-state index in [1.807, 2.05) is 24.3 Å². The summed E-state index contributed by atoms with van der Waals surface area (Å²) >= 11 is 6.17. The summed E-state index contributed by atoms with van der Waals surface area (Å²) in [6.45, 7) is 8.52. The van der Waals surface area contributed by atoms with Gasteiger partial charge in [-0.05, 0) is 48.2 Å². The number of rotatable bonds is 8. The van der Waals surface area contributed by atoms with Crippen molar-refractivity contribution in [3.8, 4) is 0 Å². The van der Waals surface area contributed by atoms with Gasteiger partial charge in [0.2, 0.25) is 10.0 Å². The lowest BCUT2D eigenvalue weighted by molar-refractivity contribution is 0.102. The minimum Gasteiger partial charge on any atom is -0.322 e. The summed E-state index contributed by atoms with van der Waals surface area (Å²) in [5, 5.41) is 2.99. The average Bonchev–Trinajstić information content (AvgIpc) is 2.68. The molecule has 0 bridgehead atoms. The number of carbonyl (C=O) groups excluding carboxylic acids is 1. The lowest BCUT2D eigenvalue weighted by Crippen LogP contribution is -2.30. The Morgan fingerprint density at radius 2 is 1.68 bits per heavy atom. The van der Waals surface area contributed by atoms with Gasteiger partial charge in [-0.25, -0.2) is 8.42 Å². The van der Waals surface area contributed by atoms with Crippen LogP contribution in [-0.2, 0) is 10.0 Å². The number of halogens is 1. The summed E-state index contributed by atoms with van der Waals surface area (Å²) < 4.78 is 26.8. The van der Waals surface area contributed by atoms with E-state index < -0.39 is 15.9 Å². The van der Waals surface area contributed by atoms with Crippen molar-refractivity contribution in [3.63, 3.8) is 0 Å². The van der Waals surface area contributed by atoms with Crippen LogP contribution in [0.2, 0.25) is 5.02 Å². The molecule has 1 atom stereocenters. The summed E-state index contributed by atoms with van der Waals surface area (Å²) in [7, 11) is -3.67. The molecule has 0 aliphatic rings. The van der Waals surface area contributed by atoms with E-state index in [-0.39, 0.29) is 15.5 Å². The monoisotopic (exact) mass is 422 g/mol. The molecule has 5 nitrogen and oxygen atoms in total. The zero-order valence-electron chi connectivity index (χ0n) is 16.7. The van der Waals surface area contributed by atoms with Gasteiger partial charge in [0.15, 0.2) is 0 Å². The van der Waals surface area contributed by atoms with Crippen molar-refractivity contribution < 1.29 is 13.2 Å². The first-order valence-corrected chi connectivity index (χ1v) is 11.3. The first-order valence-electron chi connectivity index (χ1n) is 9.45. The molecule has 0 unspecified atom stereocenters. The van der Waals surface area contributed by atoms with Crippen LogP contribution in [-0.4, -0.2) is 31.7 Å². The number of amides is 1. The number of nitrogens with zero attached hydrogens (tertiary/aromatic N) is 1. The van der Waals surface area contributed by atoms with E-state index >= 15 is 0 Å². The molecule has 7 heteroatoms. The molecule has 0 aliphatic heterocycles. The standard InChI is InChI=1S/C21H27ClN2O3S/c1-5-15(4)16-8-10-17(11-9-16)23-21(25)19-14-18(12-13-20(19)22)28(26,27)24(6-2)7-3/h8-15H,5-7H2,1-4H3,(H,23,25)/t15-/m0/s1. The van der Waals surface area contributed by atoms with E-state index in [1.165, 1.54) is 28.1 Å². The van der Waals surface area contributed by atoms with Gasteiger partial charge in [-0.3, -0.25) is 4.79 Å². The molecule has 1 amide bonds. The topological polar surface area (TPSA) is 66.5 Å². The Balaban J connectivity index is 2.28. The van der Waals surface area contributed by atoms with Crippen molar-refractivity contribution in [1.29, 1.82) is 0 Å². The number of anilines is 1. The third-order valence-electron chi connectivity index (χ3n) is 4.88. The second-order valence-corrected chi connectivity index (χ2v) is 8.96. The Hall–Kier alpha value is -1.89. The summed E-state index contributed by atoms with van der Waals surface area (Å²) in [4.78, 5) is 12.7. The molecule has 2 aromatic rings. The number of carbonyl (C=O) groups is 1. The second kappa shape index (κ2) is 9.54. The van der Waals surface area contributed by atoms with Crippen LogP contribution >= 0.6 is 11.6 Å². The maximum atomic E-state index is 12.7. The molecule has 0 saturated heterocycles. The van der Waals surface area contributed by atoms with E-state index in [0.29, 0.717) is 24.7 Å². The fraction of sp³-hybridized carbons (Fsp3) is 0.381. The highest BCUT2D eigenvalue weighted by atomic mass is 35.5. The van der Waals surface area contributed by atoms with Crippen LogP contribution < -0.4 is 5.32 Å². The summed E-state index contributed by atoms with van der Waals surface area (Å²) in [6.07, 6.45) is 1.04. The first-order chi connectivity index (χ1) is 13.2. The molecular formula is C21H27ClN2O3S. The molecule has 2 rings (SSSR count). The van der Waals surface area contributed by atoms with Gasteiger partial charge < -0.3 is 5.32 Å². The lowest BCUT2D eigenvalue weighted by atomic mass is 9.98. The van der Waals surface area contributed by atoms with Gasteiger partial charge in [0.25, 0.3) is 5.91 Å². The molecule has 0 fully saturated rings. The number of benzene rings is 2. The van der Waals surface area contributed by atoms with E-state index in [9.17, 15) is 13.2 Å². The van der Waals surface area contributed by atoms with Crippen LogP contribution in [0.3, 0.4) is 0 Å². The van der Waals surface area contributed by atoms with Crippen molar-refractivity contribution >= 4 is 33.2 Å². The van der Waals surface area contributed by atoms with Crippen molar-refractivity contribution in [1.82, 2.24) is 4.31 Å². The van der Waals surface area contributed by atoms with Crippen LogP contribution in [0.15, 0.2) is 47.4 Å². The predicted molar refractivity (Wildman–Crippen MR) is 115 cm³/mol. The van der Waals surface area contributed by atoms with Gasteiger partial charge in [0.1, 0.15) is 0 Å². The Morgan fingerprint density at radius 3 is 2.21 bits per heavy atom. The van der Waals surface area contributed by atoms with E-state index in [2.05, 4.69) is 19.2 Å². The quantitative estimate of drug-likeness (QED) is 0.640. The third kappa shape index (κ3) is 4.93. The van der Waals surface area contributed by atoms with Crippen LogP contribution in [0.4, 0.5) is 5.69 Å². The summed E-state index contributed by atoms with van der Waals surface area (Å²) in [5.74, 6) is -0.000881. The highest BCUT2D eigenvalue weighted by molar-refractivity contribution is 7.89. The highest BCUT2D eigenvalue weighted by Crippen LogP contribution is 2.25. The van der Waals surface area contributed by atoms with E-state index in [0.717, 1.165) is 6.42 Å². The van der Waals surface area contributed by atoms with Crippen LogP contribution in [0.1, 0.15) is 56.0 Å². The van der Waals surface area contributed by atoms with E-state index in [4.69, 9.17) is 11.6 Å². The SMILES string of the molecule is CC[C@H](C)c1ccc(NC(=O)c2cc(S(=O)(=O)N(CC)CC)ccc2Cl)cc1. The zero-order valence-corrected chi connectivity index (χ0v) is 18.3. The normalized spacial score (nSPS) is 12.8. The highest BCUT2D eigenvalue weighted by Gasteiger charge is 2.24. The van der Waals surface area contributed by atoms with E-state index in [1.54, 1.807) is 13.8 Å². The van der Waals surface area contributed by atoms with Crippen LogP contribution in [0, 0.1) is 0 Å². The van der Waals surface area contributed by atoms with Crippen molar-refractivity contribution in [2.75, 3.05) is 18.4 Å². The number of hydrogen-bond acceptors (Lipinski definition) is 3. The summed E-state index contributed by atoms with van der Waals surface area (Å²) in [5.41, 5.74) is 1.96. The Labute approximate surface area is 172 Å². The molecule has 28 heavy (non-hydrogen) atoms. The minimum absolute atomic E-state index is 0.0536. The number of sulfonamides is 1. The molecule has 152 valence electrons. The van der Waals surface area contributed by atoms with Crippen LogP contribution in [0.25, 0.3) is 0 Å². The molecule has 0 aromatic heterocycles. The maximum Gasteiger partial charge on any atom is 0.257 e. The Bertz CT molecular complexity index is 923. The van der Waals surface area contributed by atoms with Gasteiger partial charge in [0, 0.05) is 18.8 Å². The third-order valence-corrected chi connectivity index (χ3v) is 7.25. The molecule has 0 heterocycles. The van der Waals surface area contributed by atoms with Crippen molar-refractivity contribution in [2.24, 2.45) is 0 Å². The fourth-order valence-corrected chi connectivity index (χ4v) is 4.57. The van der Waals surface area contributed by atoms with Gasteiger partial charge in [0.05, 0.1) is 15.5 Å². The predicted octanol–water partition coefficient (Wildman–Crippen LogP) is 5.14. The lowest BCUT2D eigenvalue weighted by Gasteiger charge is -2.19. The second-order valence-electron chi connectivity index (χ2n) is 6.62. The Kier molecular flexibility index (Phi) is 7.63. The van der Waals surface area contributed by atoms with Gasteiger partial charge in [-0.2, -0.15) is 4.31 Å². The number of nitrogens with one attached hydrogen (secondary N) is 1. The molecule has 0 aliphatic carbocycles. The summed E-state index contributed by atoms with van der Waals surface area (Å²) in [6, 6.07) is 11.8. The minimum atomic E-state index is -3.67. The molecular weight excluding hydrogens is 396 g/mol. The van der Waals surface area contributed by atoms with Gasteiger partial charge in [-0.15, -0.1) is 0 Å². The molecule has 1 N–H and O–H groups in total. The van der Waals surface area contributed by atoms with Gasteiger partial charge in [-0.1, -0.05) is 51.4 Å². The molecule has 0 saturated carbocycles. The zero-order chi connectivity index (χ0) is 20.9. The molecule has 0 radical (unpaired) electrons. The average molecular weight is 423 g/mol. The van der Waals surface area contributed by atoms with Crippen molar-refractivity contribution in [2.45, 2.75) is 44.9 Å². The maximum absolute atomic E-state index is 12.7. The van der Waals surface area contributed by atoms with Gasteiger partial charge >= 0.3 is 0 Å². The number of hydrogen-bond donors (Lipinski definition) is 1. The first kappa shape index (κ1) is 22.4. The smallest absolute Gasteiger partial charge is 0.257 e. The Morgan fingerprint density at radius 1 is 1.07 bits per heavy atom. The molecule has 0 spiro atoms. The van der Waals surface area contributed by atoms with Crippen molar-refractivity contribution in [3.05, 3.63) is 58.6 Å². The molecule has 2 aromatic carbocycles. The largest absolute Gasteiger partial charge is 0.322 e. The van der Waals surface area contributed by atoms with Crippen LogP contribution in [0.5, 0.6) is 0 Å².